The van der Waals surface area contributed by atoms with Gasteiger partial charge in [0.25, 0.3) is 5.91 Å². The summed E-state index contributed by atoms with van der Waals surface area (Å²) < 4.78 is 10.2. The van der Waals surface area contributed by atoms with Gasteiger partial charge in [-0.25, -0.2) is 0 Å². The summed E-state index contributed by atoms with van der Waals surface area (Å²) in [6.07, 6.45) is 0.214. The zero-order chi connectivity index (χ0) is 20.0. The number of benzene rings is 1. The molecular weight excluding hydrogens is 352 g/mol. The highest BCUT2D eigenvalue weighted by Gasteiger charge is 2.27. The number of ketones is 1. The molecule has 1 aliphatic heterocycles. The molecule has 1 aromatic rings. The van der Waals surface area contributed by atoms with Gasteiger partial charge in [-0.2, -0.15) is 0 Å². The van der Waals surface area contributed by atoms with Gasteiger partial charge in [-0.3, -0.25) is 19.2 Å². The van der Waals surface area contributed by atoms with Gasteiger partial charge in [0.15, 0.2) is 12.4 Å². The van der Waals surface area contributed by atoms with Crippen LogP contribution in [0.2, 0.25) is 0 Å². The lowest BCUT2D eigenvalue weighted by Crippen LogP contribution is -2.41. The van der Waals surface area contributed by atoms with Crippen molar-refractivity contribution in [3.05, 3.63) is 23.8 Å². The van der Waals surface area contributed by atoms with E-state index in [1.807, 2.05) is 0 Å². The number of carbonyl (C=O) groups is 4. The third-order valence-corrected chi connectivity index (χ3v) is 4.24. The van der Waals surface area contributed by atoms with E-state index in [4.69, 9.17) is 9.47 Å². The third-order valence-electron chi connectivity index (χ3n) is 4.24. The molecular formula is C19H24N2O6. The average Bonchev–Trinajstić information content (AvgIpc) is 2.64. The minimum Gasteiger partial charge on any atom is -0.482 e. The van der Waals surface area contributed by atoms with E-state index < -0.39 is 0 Å². The van der Waals surface area contributed by atoms with Crippen LogP contribution in [-0.4, -0.2) is 61.8 Å². The maximum atomic E-state index is 12.3. The van der Waals surface area contributed by atoms with Gasteiger partial charge in [0.05, 0.1) is 18.7 Å². The topological polar surface area (TPSA) is 93.2 Å². The number of anilines is 1. The number of Topliss-reactive ketones (excluding diaryl/α,β-unsaturated/α-hetero) is 1. The summed E-state index contributed by atoms with van der Waals surface area (Å²) >= 11 is 0. The van der Waals surface area contributed by atoms with Crippen LogP contribution in [0.25, 0.3) is 0 Å². The molecule has 0 aliphatic carbocycles. The summed E-state index contributed by atoms with van der Waals surface area (Å²) in [4.78, 5) is 50.4. The first-order valence-corrected chi connectivity index (χ1v) is 8.81. The Morgan fingerprint density at radius 2 is 2.00 bits per heavy atom. The molecule has 0 N–H and O–H groups in total. The Labute approximate surface area is 158 Å². The molecule has 27 heavy (non-hydrogen) atoms. The van der Waals surface area contributed by atoms with Crippen LogP contribution in [0.15, 0.2) is 18.2 Å². The Hall–Kier alpha value is -2.90. The largest absolute Gasteiger partial charge is 0.482 e. The number of amides is 2. The number of hydrogen-bond acceptors (Lipinski definition) is 6. The van der Waals surface area contributed by atoms with Gasteiger partial charge in [-0.15, -0.1) is 0 Å². The van der Waals surface area contributed by atoms with E-state index in [9.17, 15) is 19.2 Å². The van der Waals surface area contributed by atoms with Gasteiger partial charge >= 0.3 is 5.97 Å². The Morgan fingerprint density at radius 3 is 2.67 bits per heavy atom. The van der Waals surface area contributed by atoms with E-state index in [0.29, 0.717) is 23.6 Å². The van der Waals surface area contributed by atoms with Crippen molar-refractivity contribution in [3.63, 3.8) is 0 Å². The van der Waals surface area contributed by atoms with Crippen molar-refractivity contribution in [2.75, 3.05) is 38.3 Å². The molecule has 0 radical (unpaired) electrons. The molecule has 2 amide bonds. The van der Waals surface area contributed by atoms with Crippen molar-refractivity contribution in [2.45, 2.75) is 26.7 Å². The number of fused-ring (bicyclic) bond motifs is 1. The highest BCUT2D eigenvalue weighted by molar-refractivity contribution is 6.01. The fraction of sp³-hybridized carbons (Fsp3) is 0.474. The maximum Gasteiger partial charge on any atom is 0.307 e. The Kier molecular flexibility index (Phi) is 6.92. The van der Waals surface area contributed by atoms with Crippen molar-refractivity contribution >= 4 is 29.3 Å². The van der Waals surface area contributed by atoms with Crippen LogP contribution in [0.4, 0.5) is 5.69 Å². The van der Waals surface area contributed by atoms with Crippen LogP contribution < -0.4 is 9.64 Å². The smallest absolute Gasteiger partial charge is 0.307 e. The predicted molar refractivity (Wildman–Crippen MR) is 97.8 cm³/mol. The molecule has 1 heterocycles. The van der Waals surface area contributed by atoms with Crippen molar-refractivity contribution in [1.82, 2.24) is 4.90 Å². The second-order valence-electron chi connectivity index (χ2n) is 6.19. The van der Waals surface area contributed by atoms with Crippen LogP contribution in [0.1, 0.15) is 37.0 Å². The predicted octanol–water partition coefficient (Wildman–Crippen LogP) is 1.42. The van der Waals surface area contributed by atoms with E-state index in [0.717, 1.165) is 0 Å². The fourth-order valence-corrected chi connectivity index (χ4v) is 2.68. The van der Waals surface area contributed by atoms with Crippen molar-refractivity contribution < 1.29 is 28.7 Å². The molecule has 0 atom stereocenters. The van der Waals surface area contributed by atoms with Gasteiger partial charge in [-0.05, 0) is 32.0 Å². The van der Waals surface area contributed by atoms with Crippen LogP contribution in [0.5, 0.6) is 5.75 Å². The second kappa shape index (κ2) is 9.16. The standard InChI is InChI=1S/C19H24N2O6/c1-4-26-19(25)8-9-20(3)17(23)7-10-21-15-11-14(13(2)22)5-6-16(15)27-12-18(21)24/h5-6,11H,4,7-10,12H2,1-3H3. The van der Waals surface area contributed by atoms with Gasteiger partial charge in [-0.1, -0.05) is 0 Å². The fourth-order valence-electron chi connectivity index (χ4n) is 2.68. The number of ether oxygens (including phenoxy) is 2. The summed E-state index contributed by atoms with van der Waals surface area (Å²) in [6.45, 7) is 3.77. The van der Waals surface area contributed by atoms with Gasteiger partial charge in [0, 0.05) is 32.1 Å². The van der Waals surface area contributed by atoms with E-state index in [1.165, 1.54) is 16.7 Å². The molecule has 0 unspecified atom stereocenters. The quantitative estimate of drug-likeness (QED) is 0.503. The van der Waals surface area contributed by atoms with E-state index in [-0.39, 0.29) is 56.1 Å². The van der Waals surface area contributed by atoms with Gasteiger partial charge < -0.3 is 19.3 Å². The highest BCUT2D eigenvalue weighted by atomic mass is 16.5. The van der Waals surface area contributed by atoms with E-state index in [1.54, 1.807) is 32.2 Å². The van der Waals surface area contributed by atoms with Gasteiger partial charge in [0.1, 0.15) is 5.75 Å². The first-order valence-electron chi connectivity index (χ1n) is 8.81. The summed E-state index contributed by atoms with van der Waals surface area (Å²) in [7, 11) is 1.60. The summed E-state index contributed by atoms with van der Waals surface area (Å²) in [5.74, 6) is -0.437. The molecule has 1 aliphatic rings. The third kappa shape index (κ3) is 5.29. The number of rotatable bonds is 8. The molecule has 1 aromatic carbocycles. The average molecular weight is 376 g/mol. The van der Waals surface area contributed by atoms with Crippen molar-refractivity contribution in [1.29, 1.82) is 0 Å². The number of nitrogens with zero attached hydrogens (tertiary/aromatic N) is 2. The van der Waals surface area contributed by atoms with Crippen molar-refractivity contribution in [2.24, 2.45) is 0 Å². The molecule has 0 fully saturated rings. The van der Waals surface area contributed by atoms with Crippen LogP contribution in [-0.2, 0) is 19.1 Å². The van der Waals surface area contributed by atoms with E-state index in [2.05, 4.69) is 0 Å². The normalized spacial score (nSPS) is 12.9. The van der Waals surface area contributed by atoms with Crippen LogP contribution in [0.3, 0.4) is 0 Å². The molecule has 0 saturated carbocycles. The van der Waals surface area contributed by atoms with Crippen LogP contribution in [0, 0.1) is 0 Å². The molecule has 2 rings (SSSR count). The number of esters is 1. The summed E-state index contributed by atoms with van der Waals surface area (Å²) in [6, 6.07) is 4.89. The highest BCUT2D eigenvalue weighted by Crippen LogP contribution is 2.33. The zero-order valence-corrected chi connectivity index (χ0v) is 15.8. The monoisotopic (exact) mass is 376 g/mol. The molecule has 0 bridgehead atoms. The summed E-state index contributed by atoms with van der Waals surface area (Å²) in [5, 5.41) is 0. The van der Waals surface area contributed by atoms with Crippen LogP contribution >= 0.6 is 0 Å². The molecule has 146 valence electrons. The zero-order valence-electron chi connectivity index (χ0n) is 15.8. The van der Waals surface area contributed by atoms with Crippen molar-refractivity contribution in [3.8, 4) is 5.75 Å². The Balaban J connectivity index is 2.00. The molecule has 8 nitrogen and oxygen atoms in total. The number of hydrogen-bond donors (Lipinski definition) is 0. The second-order valence-corrected chi connectivity index (χ2v) is 6.19. The lowest BCUT2D eigenvalue weighted by Gasteiger charge is -2.30. The Morgan fingerprint density at radius 1 is 1.26 bits per heavy atom. The molecule has 0 saturated heterocycles. The lowest BCUT2D eigenvalue weighted by molar-refractivity contribution is -0.143. The first-order chi connectivity index (χ1) is 12.8. The van der Waals surface area contributed by atoms with E-state index >= 15 is 0 Å². The molecule has 0 aromatic heterocycles. The SMILES string of the molecule is CCOC(=O)CCN(C)C(=O)CCN1C(=O)COc2ccc(C(C)=O)cc21. The summed E-state index contributed by atoms with van der Waals surface area (Å²) in [5.41, 5.74) is 0.954. The Bertz CT molecular complexity index is 746. The number of carbonyl (C=O) groups excluding carboxylic acids is 4. The molecule has 8 heteroatoms. The van der Waals surface area contributed by atoms with Gasteiger partial charge in [0.2, 0.25) is 5.91 Å². The minimum absolute atomic E-state index is 0.0921. The lowest BCUT2D eigenvalue weighted by atomic mass is 10.1. The molecule has 0 spiro atoms. The maximum absolute atomic E-state index is 12.3. The first kappa shape index (κ1) is 20.4. The minimum atomic E-state index is -0.355.